The van der Waals surface area contributed by atoms with E-state index in [1.165, 1.54) is 19.2 Å². The third kappa shape index (κ3) is 4.29. The van der Waals surface area contributed by atoms with Gasteiger partial charge in [-0.2, -0.15) is 4.72 Å². The lowest BCUT2D eigenvalue weighted by Gasteiger charge is -2.19. The molecule has 0 aliphatic carbocycles. The van der Waals surface area contributed by atoms with Crippen LogP contribution in [0.3, 0.4) is 0 Å². The van der Waals surface area contributed by atoms with Crippen molar-refractivity contribution in [1.29, 1.82) is 0 Å². The number of esters is 1. The van der Waals surface area contributed by atoms with Crippen LogP contribution in [-0.4, -0.2) is 27.5 Å². The minimum atomic E-state index is -3.75. The van der Waals surface area contributed by atoms with Gasteiger partial charge in [0, 0.05) is 5.33 Å². The van der Waals surface area contributed by atoms with Crippen molar-refractivity contribution in [2.75, 3.05) is 7.11 Å². The molecule has 0 amide bonds. The molecular formula is C13H18BrNO4S. The van der Waals surface area contributed by atoms with Crippen molar-refractivity contribution in [3.63, 3.8) is 0 Å². The van der Waals surface area contributed by atoms with E-state index >= 15 is 0 Å². The van der Waals surface area contributed by atoms with Gasteiger partial charge in [-0.05, 0) is 23.6 Å². The van der Waals surface area contributed by atoms with E-state index in [0.29, 0.717) is 5.33 Å². The quantitative estimate of drug-likeness (QED) is 0.620. The maximum Gasteiger partial charge on any atom is 0.324 e. The molecule has 112 valence electrons. The summed E-state index contributed by atoms with van der Waals surface area (Å²) in [6.07, 6.45) is 0. The molecule has 7 heteroatoms. The van der Waals surface area contributed by atoms with Crippen LogP contribution in [0.15, 0.2) is 29.2 Å². The van der Waals surface area contributed by atoms with Crippen LogP contribution in [0.2, 0.25) is 0 Å². The van der Waals surface area contributed by atoms with E-state index < -0.39 is 22.0 Å². The van der Waals surface area contributed by atoms with Crippen molar-refractivity contribution in [3.8, 4) is 0 Å². The van der Waals surface area contributed by atoms with Gasteiger partial charge in [-0.25, -0.2) is 8.42 Å². The van der Waals surface area contributed by atoms with Gasteiger partial charge in [0.2, 0.25) is 10.0 Å². The molecule has 1 atom stereocenters. The van der Waals surface area contributed by atoms with Crippen LogP contribution in [0.25, 0.3) is 0 Å². The Bertz CT molecular complexity index is 554. The summed E-state index contributed by atoms with van der Waals surface area (Å²) < 4.78 is 31.5. The van der Waals surface area contributed by atoms with E-state index in [4.69, 9.17) is 0 Å². The minimum absolute atomic E-state index is 0.122. The van der Waals surface area contributed by atoms with Gasteiger partial charge in [0.25, 0.3) is 0 Å². The lowest BCUT2D eigenvalue weighted by molar-refractivity contribution is -0.143. The van der Waals surface area contributed by atoms with Crippen LogP contribution < -0.4 is 4.72 Å². The van der Waals surface area contributed by atoms with Crippen molar-refractivity contribution in [3.05, 3.63) is 29.8 Å². The van der Waals surface area contributed by atoms with E-state index in [1.54, 1.807) is 26.0 Å². The first-order chi connectivity index (χ1) is 9.31. The molecule has 0 heterocycles. The van der Waals surface area contributed by atoms with Crippen molar-refractivity contribution in [2.45, 2.75) is 30.1 Å². The average Bonchev–Trinajstić information content (AvgIpc) is 2.43. The molecule has 5 nitrogen and oxygen atoms in total. The average molecular weight is 364 g/mol. The molecule has 0 aliphatic heterocycles. The van der Waals surface area contributed by atoms with Crippen LogP contribution in [0.1, 0.15) is 19.4 Å². The number of nitrogens with one attached hydrogen (secondary N) is 1. The molecule has 0 fully saturated rings. The lowest BCUT2D eigenvalue weighted by Crippen LogP contribution is -2.44. The highest BCUT2D eigenvalue weighted by molar-refractivity contribution is 9.08. The second kappa shape index (κ2) is 7.19. The summed E-state index contributed by atoms with van der Waals surface area (Å²) in [5.74, 6) is -0.806. The first-order valence-electron chi connectivity index (χ1n) is 6.07. The summed E-state index contributed by atoms with van der Waals surface area (Å²) in [5.41, 5.74) is 0.970. The molecule has 0 aliphatic rings. The normalized spacial score (nSPS) is 13.2. The molecule has 0 unspecified atom stereocenters. The van der Waals surface area contributed by atoms with E-state index in [9.17, 15) is 13.2 Å². The highest BCUT2D eigenvalue weighted by Crippen LogP contribution is 2.15. The van der Waals surface area contributed by atoms with Gasteiger partial charge in [-0.3, -0.25) is 4.79 Å². The number of rotatable bonds is 6. The third-order valence-electron chi connectivity index (χ3n) is 2.79. The summed E-state index contributed by atoms with van der Waals surface area (Å²) in [4.78, 5) is 11.7. The summed E-state index contributed by atoms with van der Waals surface area (Å²) in [6.45, 7) is 3.50. The maximum absolute atomic E-state index is 12.2. The summed E-state index contributed by atoms with van der Waals surface area (Å²) in [7, 11) is -2.52. The fourth-order valence-corrected chi connectivity index (χ4v) is 3.28. The number of hydrogen-bond acceptors (Lipinski definition) is 4. The lowest BCUT2D eigenvalue weighted by atomic mass is 10.1. The first kappa shape index (κ1) is 17.1. The Kier molecular flexibility index (Phi) is 6.16. The molecule has 0 saturated carbocycles. The van der Waals surface area contributed by atoms with E-state index in [0.717, 1.165) is 5.56 Å². The Morgan fingerprint density at radius 2 is 1.85 bits per heavy atom. The molecule has 0 spiro atoms. The number of alkyl halides is 1. The molecule has 0 radical (unpaired) electrons. The first-order valence-corrected chi connectivity index (χ1v) is 8.67. The molecule has 1 aromatic rings. The Morgan fingerprint density at radius 3 is 2.25 bits per heavy atom. The second-order valence-corrected chi connectivity index (χ2v) is 6.92. The predicted molar refractivity (Wildman–Crippen MR) is 80.0 cm³/mol. The highest BCUT2D eigenvalue weighted by Gasteiger charge is 2.28. The Balaban J connectivity index is 3.00. The standard InChI is InChI=1S/C13H18BrNO4S/c1-9(2)12(13(16)19-3)15-20(17,18)11-6-4-10(8-14)5-7-11/h4-7,9,12,15H,8H2,1-3H3/t12-/m0/s1. The maximum atomic E-state index is 12.2. The van der Waals surface area contributed by atoms with Gasteiger partial charge in [-0.15, -0.1) is 0 Å². The molecule has 1 N–H and O–H groups in total. The van der Waals surface area contributed by atoms with E-state index in [2.05, 4.69) is 25.4 Å². The number of hydrogen-bond donors (Lipinski definition) is 1. The van der Waals surface area contributed by atoms with Crippen LogP contribution in [0, 0.1) is 5.92 Å². The minimum Gasteiger partial charge on any atom is -0.468 e. The predicted octanol–water partition coefficient (Wildman–Crippen LogP) is 2.06. The number of methoxy groups -OCH3 is 1. The van der Waals surface area contributed by atoms with E-state index in [-0.39, 0.29) is 10.8 Å². The van der Waals surface area contributed by atoms with E-state index in [1.807, 2.05) is 0 Å². The zero-order valence-corrected chi connectivity index (χ0v) is 14.0. The number of carbonyl (C=O) groups excluding carboxylic acids is 1. The largest absolute Gasteiger partial charge is 0.468 e. The number of halogens is 1. The SMILES string of the molecule is COC(=O)[C@@H](NS(=O)(=O)c1ccc(CBr)cc1)C(C)C. The smallest absolute Gasteiger partial charge is 0.324 e. The van der Waals surface area contributed by atoms with Crippen LogP contribution in [-0.2, 0) is 24.9 Å². The molecule has 0 aromatic heterocycles. The van der Waals surface area contributed by atoms with Gasteiger partial charge >= 0.3 is 5.97 Å². The topological polar surface area (TPSA) is 72.5 Å². The number of ether oxygens (including phenoxy) is 1. The Hall–Kier alpha value is -0.920. The molecule has 1 aromatic carbocycles. The zero-order valence-electron chi connectivity index (χ0n) is 11.6. The fourth-order valence-electron chi connectivity index (χ4n) is 1.58. The Labute approximate surface area is 127 Å². The number of carbonyl (C=O) groups is 1. The van der Waals surface area contributed by atoms with Crippen LogP contribution >= 0.6 is 15.9 Å². The fraction of sp³-hybridized carbons (Fsp3) is 0.462. The van der Waals surface area contributed by atoms with Crippen LogP contribution in [0.4, 0.5) is 0 Å². The van der Waals surface area contributed by atoms with Crippen molar-refractivity contribution >= 4 is 31.9 Å². The van der Waals surface area contributed by atoms with Crippen molar-refractivity contribution in [1.82, 2.24) is 4.72 Å². The van der Waals surface area contributed by atoms with Gasteiger partial charge < -0.3 is 4.74 Å². The summed E-state index contributed by atoms with van der Waals surface area (Å²) in [6, 6.07) is 5.54. The van der Waals surface area contributed by atoms with Crippen molar-refractivity contribution < 1.29 is 17.9 Å². The van der Waals surface area contributed by atoms with Gasteiger partial charge in [0.05, 0.1) is 12.0 Å². The number of sulfonamides is 1. The van der Waals surface area contributed by atoms with Gasteiger partial charge in [-0.1, -0.05) is 41.9 Å². The third-order valence-corrected chi connectivity index (χ3v) is 4.90. The second-order valence-electron chi connectivity index (χ2n) is 4.64. The molecule has 0 bridgehead atoms. The highest BCUT2D eigenvalue weighted by atomic mass is 79.9. The molecule has 1 rings (SSSR count). The summed E-state index contributed by atoms with van der Waals surface area (Å²) in [5, 5.41) is 0.650. The summed E-state index contributed by atoms with van der Waals surface area (Å²) >= 11 is 3.29. The van der Waals surface area contributed by atoms with Crippen LogP contribution in [0.5, 0.6) is 0 Å². The number of benzene rings is 1. The molecule has 20 heavy (non-hydrogen) atoms. The molecular weight excluding hydrogens is 346 g/mol. The zero-order chi connectivity index (χ0) is 15.3. The van der Waals surface area contributed by atoms with Gasteiger partial charge in [0.15, 0.2) is 0 Å². The monoisotopic (exact) mass is 363 g/mol. The van der Waals surface area contributed by atoms with Gasteiger partial charge in [0.1, 0.15) is 6.04 Å². The van der Waals surface area contributed by atoms with Crippen molar-refractivity contribution in [2.24, 2.45) is 5.92 Å². The Morgan fingerprint density at radius 1 is 1.30 bits per heavy atom. The molecule has 0 saturated heterocycles.